The van der Waals surface area contributed by atoms with Crippen molar-refractivity contribution in [2.24, 2.45) is 5.92 Å². The maximum atomic E-state index is 13.4. The second kappa shape index (κ2) is 6.74. The summed E-state index contributed by atoms with van der Waals surface area (Å²) in [4.78, 5) is 11.7. The van der Waals surface area contributed by atoms with Crippen LogP contribution in [-0.2, 0) is 0 Å². The van der Waals surface area contributed by atoms with Gasteiger partial charge in [-0.15, -0.1) is 0 Å². The van der Waals surface area contributed by atoms with E-state index in [1.807, 2.05) is 0 Å². The normalized spacial score (nSPS) is 16.1. The molecule has 0 aliphatic carbocycles. The Balaban J connectivity index is 1.88. The Morgan fingerprint density at radius 3 is 2.40 bits per heavy atom. The van der Waals surface area contributed by atoms with Crippen molar-refractivity contribution in [1.82, 2.24) is 10.6 Å². The zero-order valence-electron chi connectivity index (χ0n) is 11.0. The molecule has 0 bridgehead atoms. The largest absolute Gasteiger partial charge is 0.352 e. The van der Waals surface area contributed by atoms with E-state index in [0.717, 1.165) is 32.4 Å². The van der Waals surface area contributed by atoms with Crippen molar-refractivity contribution in [3.8, 4) is 0 Å². The molecule has 1 aliphatic rings. The second-order valence-corrected chi connectivity index (χ2v) is 4.98. The van der Waals surface area contributed by atoms with Crippen molar-refractivity contribution in [2.45, 2.75) is 19.3 Å². The molecule has 1 amide bonds. The predicted octanol–water partition coefficient (Wildman–Crippen LogP) is 2.22. The molecule has 6 heteroatoms. The minimum absolute atomic E-state index is 0.361. The Hall–Kier alpha value is -1.56. The molecule has 1 aromatic carbocycles. The third kappa shape index (κ3) is 3.72. The molecule has 0 aromatic heterocycles. The minimum Gasteiger partial charge on any atom is -0.352 e. The van der Waals surface area contributed by atoms with Crippen LogP contribution in [0.5, 0.6) is 0 Å². The third-order valence-corrected chi connectivity index (χ3v) is 3.53. The number of halogens is 3. The van der Waals surface area contributed by atoms with E-state index in [-0.39, 0.29) is 0 Å². The molecule has 3 nitrogen and oxygen atoms in total. The first-order valence-electron chi connectivity index (χ1n) is 6.71. The molecule has 20 heavy (non-hydrogen) atoms. The van der Waals surface area contributed by atoms with Gasteiger partial charge in [-0.2, -0.15) is 0 Å². The lowest BCUT2D eigenvalue weighted by Gasteiger charge is -2.22. The van der Waals surface area contributed by atoms with Gasteiger partial charge >= 0.3 is 0 Å². The summed E-state index contributed by atoms with van der Waals surface area (Å²) in [5, 5.41) is 5.72. The third-order valence-electron chi connectivity index (χ3n) is 3.53. The number of carbonyl (C=O) groups excluding carboxylic acids is 1. The van der Waals surface area contributed by atoms with Gasteiger partial charge in [-0.1, -0.05) is 0 Å². The number of carbonyl (C=O) groups is 1. The predicted molar refractivity (Wildman–Crippen MR) is 68.9 cm³/mol. The number of benzene rings is 1. The fourth-order valence-electron chi connectivity index (χ4n) is 2.41. The van der Waals surface area contributed by atoms with E-state index in [1.54, 1.807) is 0 Å². The molecule has 2 rings (SSSR count). The van der Waals surface area contributed by atoms with Crippen molar-refractivity contribution < 1.29 is 18.0 Å². The van der Waals surface area contributed by atoms with Crippen molar-refractivity contribution in [3.05, 3.63) is 35.1 Å². The number of amides is 1. The summed E-state index contributed by atoms with van der Waals surface area (Å²) in [7, 11) is 0. The van der Waals surface area contributed by atoms with Gasteiger partial charge in [-0.25, -0.2) is 13.2 Å². The van der Waals surface area contributed by atoms with E-state index in [0.29, 0.717) is 24.6 Å². The highest BCUT2D eigenvalue weighted by atomic mass is 19.1. The molecule has 110 valence electrons. The molecule has 0 saturated carbocycles. The molecule has 0 atom stereocenters. The van der Waals surface area contributed by atoms with Crippen LogP contribution in [0, 0.1) is 23.4 Å². The van der Waals surface area contributed by atoms with Gasteiger partial charge in [-0.05, 0) is 38.3 Å². The van der Waals surface area contributed by atoms with Gasteiger partial charge in [0.05, 0.1) is 0 Å². The van der Waals surface area contributed by atoms with Gasteiger partial charge < -0.3 is 10.6 Å². The Kier molecular flexibility index (Phi) is 5.00. The number of hydrogen-bond acceptors (Lipinski definition) is 2. The molecule has 0 unspecified atom stereocenters. The van der Waals surface area contributed by atoms with E-state index in [1.165, 1.54) is 0 Å². The van der Waals surface area contributed by atoms with Crippen LogP contribution in [-0.4, -0.2) is 25.5 Å². The Morgan fingerprint density at radius 1 is 1.20 bits per heavy atom. The number of nitrogens with one attached hydrogen (secondary N) is 2. The van der Waals surface area contributed by atoms with Crippen LogP contribution in [0.15, 0.2) is 12.1 Å². The number of hydrogen-bond donors (Lipinski definition) is 2. The van der Waals surface area contributed by atoms with E-state index in [4.69, 9.17) is 0 Å². The average Bonchev–Trinajstić information content (AvgIpc) is 2.38. The SMILES string of the molecule is O=C(NCCC1CCNCC1)c1c(F)cc(F)cc1F. The van der Waals surface area contributed by atoms with Crippen molar-refractivity contribution in [3.63, 3.8) is 0 Å². The van der Waals surface area contributed by atoms with Gasteiger partial charge in [0.25, 0.3) is 5.91 Å². The molecule has 1 fully saturated rings. The highest BCUT2D eigenvalue weighted by Crippen LogP contribution is 2.16. The molecular formula is C14H17F3N2O. The Bertz CT molecular complexity index is 464. The van der Waals surface area contributed by atoms with Crippen molar-refractivity contribution in [2.75, 3.05) is 19.6 Å². The summed E-state index contributed by atoms with van der Waals surface area (Å²) in [5.74, 6) is -3.72. The fraction of sp³-hybridized carbons (Fsp3) is 0.500. The first-order valence-corrected chi connectivity index (χ1v) is 6.71. The maximum Gasteiger partial charge on any atom is 0.257 e. The van der Waals surface area contributed by atoms with Gasteiger partial charge in [0.15, 0.2) is 0 Å². The summed E-state index contributed by atoms with van der Waals surface area (Å²) in [5.41, 5.74) is -0.725. The van der Waals surface area contributed by atoms with Gasteiger partial charge in [0.1, 0.15) is 23.0 Å². The summed E-state index contributed by atoms with van der Waals surface area (Å²) in [6.45, 7) is 2.28. The highest BCUT2D eigenvalue weighted by Gasteiger charge is 2.19. The molecule has 2 N–H and O–H groups in total. The topological polar surface area (TPSA) is 41.1 Å². The lowest BCUT2D eigenvalue weighted by molar-refractivity contribution is 0.0942. The van der Waals surface area contributed by atoms with Gasteiger partial charge in [-0.3, -0.25) is 4.79 Å². The van der Waals surface area contributed by atoms with E-state index in [2.05, 4.69) is 10.6 Å². The Morgan fingerprint density at radius 2 is 1.80 bits per heavy atom. The zero-order chi connectivity index (χ0) is 14.5. The fourth-order valence-corrected chi connectivity index (χ4v) is 2.41. The molecular weight excluding hydrogens is 269 g/mol. The quantitative estimate of drug-likeness (QED) is 0.891. The van der Waals surface area contributed by atoms with Crippen LogP contribution in [0.2, 0.25) is 0 Å². The lowest BCUT2D eigenvalue weighted by Crippen LogP contribution is -2.32. The monoisotopic (exact) mass is 286 g/mol. The average molecular weight is 286 g/mol. The number of piperidine rings is 1. The first-order chi connectivity index (χ1) is 9.58. The molecule has 1 saturated heterocycles. The lowest BCUT2D eigenvalue weighted by atomic mass is 9.95. The smallest absolute Gasteiger partial charge is 0.257 e. The summed E-state index contributed by atoms with van der Waals surface area (Å²) in [6.07, 6.45) is 2.85. The van der Waals surface area contributed by atoms with Crippen LogP contribution in [0.3, 0.4) is 0 Å². The van der Waals surface area contributed by atoms with Crippen LogP contribution in [0.25, 0.3) is 0 Å². The number of rotatable bonds is 4. The van der Waals surface area contributed by atoms with Crippen molar-refractivity contribution in [1.29, 1.82) is 0 Å². The molecule has 1 aliphatic heterocycles. The van der Waals surface area contributed by atoms with E-state index >= 15 is 0 Å². The highest BCUT2D eigenvalue weighted by molar-refractivity contribution is 5.94. The summed E-state index contributed by atoms with van der Waals surface area (Å²) >= 11 is 0. The second-order valence-electron chi connectivity index (χ2n) is 4.98. The van der Waals surface area contributed by atoms with Crippen molar-refractivity contribution >= 4 is 5.91 Å². The van der Waals surface area contributed by atoms with E-state index in [9.17, 15) is 18.0 Å². The minimum atomic E-state index is -1.18. The van der Waals surface area contributed by atoms with Crippen LogP contribution in [0.1, 0.15) is 29.6 Å². The molecule has 0 spiro atoms. The van der Waals surface area contributed by atoms with E-state index < -0.39 is 28.9 Å². The molecule has 1 heterocycles. The first kappa shape index (κ1) is 14.8. The van der Waals surface area contributed by atoms with Crippen LogP contribution >= 0.6 is 0 Å². The molecule has 1 aromatic rings. The van der Waals surface area contributed by atoms with Crippen LogP contribution in [0.4, 0.5) is 13.2 Å². The van der Waals surface area contributed by atoms with Gasteiger partial charge in [0.2, 0.25) is 0 Å². The molecule has 0 radical (unpaired) electrons. The Labute approximate surface area is 115 Å². The van der Waals surface area contributed by atoms with Crippen LogP contribution < -0.4 is 10.6 Å². The van der Waals surface area contributed by atoms with Gasteiger partial charge in [0, 0.05) is 18.7 Å². The summed E-state index contributed by atoms with van der Waals surface area (Å²) in [6, 6.07) is 1.01. The summed E-state index contributed by atoms with van der Waals surface area (Å²) < 4.78 is 39.5. The zero-order valence-corrected chi connectivity index (χ0v) is 11.0. The standard InChI is InChI=1S/C14H17F3N2O/c15-10-7-11(16)13(12(17)8-10)14(20)19-6-3-9-1-4-18-5-2-9/h7-9,18H,1-6H2,(H,19,20). The maximum absolute atomic E-state index is 13.4.